The van der Waals surface area contributed by atoms with Crippen LogP contribution in [0.2, 0.25) is 0 Å². The van der Waals surface area contributed by atoms with Crippen LogP contribution < -0.4 is 10.6 Å². The summed E-state index contributed by atoms with van der Waals surface area (Å²) in [6.45, 7) is 6.70. The van der Waals surface area contributed by atoms with Crippen molar-refractivity contribution in [3.8, 4) is 0 Å². The molecule has 1 fully saturated rings. The first kappa shape index (κ1) is 12.4. The minimum atomic E-state index is 0.229. The Kier molecular flexibility index (Phi) is 3.66. The molecule has 2 rings (SSSR count). The molecule has 0 unspecified atom stereocenters. The number of rotatable bonds is 6. The highest BCUT2D eigenvalue weighted by molar-refractivity contribution is 5.26. The Morgan fingerprint density at radius 3 is 2.53 bits per heavy atom. The summed E-state index contributed by atoms with van der Waals surface area (Å²) in [6, 6.07) is 0. The van der Waals surface area contributed by atoms with E-state index in [1.165, 1.54) is 19.3 Å². The number of nitrogens with zero attached hydrogens (tertiary/aromatic N) is 3. The van der Waals surface area contributed by atoms with Crippen LogP contribution in [0.1, 0.15) is 39.0 Å². The van der Waals surface area contributed by atoms with Crippen molar-refractivity contribution >= 4 is 5.95 Å². The molecule has 96 valence electrons. The third kappa shape index (κ3) is 2.44. The van der Waals surface area contributed by atoms with Crippen molar-refractivity contribution < 1.29 is 4.52 Å². The van der Waals surface area contributed by atoms with Gasteiger partial charge in [-0.3, -0.25) is 0 Å². The van der Waals surface area contributed by atoms with E-state index in [2.05, 4.69) is 28.9 Å². The van der Waals surface area contributed by atoms with E-state index in [0.29, 0.717) is 5.95 Å². The van der Waals surface area contributed by atoms with Crippen LogP contribution in [0.5, 0.6) is 0 Å². The predicted octanol–water partition coefficient (Wildman–Crippen LogP) is 1.59. The quantitative estimate of drug-likeness (QED) is 0.815. The molecule has 0 bridgehead atoms. The Hall–Kier alpha value is -1.10. The molecule has 1 aromatic rings. The topological polar surface area (TPSA) is 68.2 Å². The van der Waals surface area contributed by atoms with Crippen LogP contribution in [-0.2, 0) is 6.42 Å². The second kappa shape index (κ2) is 5.04. The second-order valence-electron chi connectivity index (χ2n) is 4.89. The Bertz CT molecular complexity index is 350. The number of hydrogen-bond acceptors (Lipinski definition) is 5. The summed E-state index contributed by atoms with van der Waals surface area (Å²) >= 11 is 0. The number of nitrogens with two attached hydrogens (primary N) is 1. The maximum Gasteiger partial charge on any atom is 0.266 e. The molecule has 0 amide bonds. The number of anilines is 1. The summed E-state index contributed by atoms with van der Waals surface area (Å²) in [5.74, 6) is 1.44. The van der Waals surface area contributed by atoms with Gasteiger partial charge in [-0.25, -0.2) is 0 Å². The second-order valence-corrected chi connectivity index (χ2v) is 4.89. The summed E-state index contributed by atoms with van der Waals surface area (Å²) < 4.78 is 5.32. The fraction of sp³-hybridized carbons (Fsp3) is 0.833. The molecule has 1 heterocycles. The number of hydrogen-bond donors (Lipinski definition) is 1. The third-order valence-electron chi connectivity index (χ3n) is 3.88. The van der Waals surface area contributed by atoms with Crippen molar-refractivity contribution in [3.05, 3.63) is 5.89 Å². The van der Waals surface area contributed by atoms with E-state index in [4.69, 9.17) is 10.3 Å². The molecule has 1 aliphatic carbocycles. The highest BCUT2D eigenvalue weighted by Crippen LogP contribution is 2.42. The zero-order chi connectivity index (χ0) is 12.3. The van der Waals surface area contributed by atoms with Crippen LogP contribution in [0.25, 0.3) is 0 Å². The van der Waals surface area contributed by atoms with Crippen LogP contribution in [0.3, 0.4) is 0 Å². The minimum absolute atomic E-state index is 0.229. The van der Waals surface area contributed by atoms with Crippen LogP contribution in [-0.4, -0.2) is 29.8 Å². The summed E-state index contributed by atoms with van der Waals surface area (Å²) in [4.78, 5) is 6.55. The van der Waals surface area contributed by atoms with Gasteiger partial charge in [0, 0.05) is 19.5 Å². The van der Waals surface area contributed by atoms with E-state index in [9.17, 15) is 0 Å². The average Bonchev–Trinajstić information content (AvgIpc) is 2.74. The van der Waals surface area contributed by atoms with Crippen LogP contribution >= 0.6 is 0 Å². The summed E-state index contributed by atoms with van der Waals surface area (Å²) in [7, 11) is 0. The predicted molar refractivity (Wildman–Crippen MR) is 66.9 cm³/mol. The maximum absolute atomic E-state index is 5.84. The van der Waals surface area contributed by atoms with Crippen LogP contribution in [0, 0.1) is 5.41 Å². The Labute approximate surface area is 102 Å². The van der Waals surface area contributed by atoms with Gasteiger partial charge in [0.2, 0.25) is 5.89 Å². The standard InChI is InChI=1S/C12H22N4O/c1-3-16(4-2)11-14-10(17-15-11)8-12(9-13)6-5-7-12/h3-9,13H2,1-2H3. The molecule has 0 radical (unpaired) electrons. The molecule has 2 N–H and O–H groups in total. The molecule has 5 heteroatoms. The lowest BCUT2D eigenvalue weighted by Gasteiger charge is -2.39. The molecule has 1 aliphatic rings. The van der Waals surface area contributed by atoms with E-state index in [0.717, 1.165) is 31.9 Å². The Morgan fingerprint density at radius 1 is 1.35 bits per heavy atom. The monoisotopic (exact) mass is 238 g/mol. The zero-order valence-electron chi connectivity index (χ0n) is 10.8. The highest BCUT2D eigenvalue weighted by atomic mass is 16.5. The van der Waals surface area contributed by atoms with Gasteiger partial charge in [0.05, 0.1) is 0 Å². The normalized spacial score (nSPS) is 17.8. The van der Waals surface area contributed by atoms with E-state index in [1.54, 1.807) is 0 Å². The van der Waals surface area contributed by atoms with Crippen molar-refractivity contribution in [2.75, 3.05) is 24.5 Å². The molecule has 5 nitrogen and oxygen atoms in total. The van der Waals surface area contributed by atoms with Crippen molar-refractivity contribution in [3.63, 3.8) is 0 Å². The highest BCUT2D eigenvalue weighted by Gasteiger charge is 2.37. The fourth-order valence-electron chi connectivity index (χ4n) is 2.40. The van der Waals surface area contributed by atoms with Gasteiger partial charge in [-0.15, -0.1) is 0 Å². The Morgan fingerprint density at radius 2 is 2.06 bits per heavy atom. The summed E-state index contributed by atoms with van der Waals surface area (Å²) in [5, 5.41) is 4.03. The van der Waals surface area contributed by atoms with Gasteiger partial charge in [0.15, 0.2) is 0 Å². The van der Waals surface area contributed by atoms with Crippen molar-refractivity contribution in [2.45, 2.75) is 39.5 Å². The first-order chi connectivity index (χ1) is 8.23. The van der Waals surface area contributed by atoms with Crippen molar-refractivity contribution in [2.24, 2.45) is 11.1 Å². The molecule has 0 spiro atoms. The molecule has 0 aliphatic heterocycles. The molecule has 0 atom stereocenters. The maximum atomic E-state index is 5.84. The molecular weight excluding hydrogens is 216 g/mol. The molecule has 17 heavy (non-hydrogen) atoms. The van der Waals surface area contributed by atoms with Crippen molar-refractivity contribution in [1.29, 1.82) is 0 Å². The largest absolute Gasteiger partial charge is 0.339 e. The minimum Gasteiger partial charge on any atom is -0.339 e. The first-order valence-electron chi connectivity index (χ1n) is 6.50. The third-order valence-corrected chi connectivity index (χ3v) is 3.88. The van der Waals surface area contributed by atoms with Gasteiger partial charge < -0.3 is 15.2 Å². The van der Waals surface area contributed by atoms with Gasteiger partial charge in [0.25, 0.3) is 5.95 Å². The average molecular weight is 238 g/mol. The van der Waals surface area contributed by atoms with Crippen LogP contribution in [0.4, 0.5) is 5.95 Å². The summed E-state index contributed by atoms with van der Waals surface area (Å²) in [6.07, 6.45) is 4.48. The number of aromatic nitrogens is 2. The van der Waals surface area contributed by atoms with E-state index in [1.807, 2.05) is 0 Å². The van der Waals surface area contributed by atoms with Gasteiger partial charge in [-0.05, 0) is 43.8 Å². The van der Waals surface area contributed by atoms with Gasteiger partial charge in [0.1, 0.15) is 0 Å². The SMILES string of the molecule is CCN(CC)c1noc(CC2(CN)CCC2)n1. The lowest BCUT2D eigenvalue weighted by Crippen LogP contribution is -2.39. The van der Waals surface area contributed by atoms with Crippen LogP contribution in [0.15, 0.2) is 4.52 Å². The smallest absolute Gasteiger partial charge is 0.266 e. The van der Waals surface area contributed by atoms with Crippen molar-refractivity contribution in [1.82, 2.24) is 10.1 Å². The molecule has 0 aromatic carbocycles. The molecule has 1 saturated carbocycles. The fourth-order valence-corrected chi connectivity index (χ4v) is 2.40. The molecular formula is C12H22N4O. The molecule has 0 saturated heterocycles. The van der Waals surface area contributed by atoms with E-state index in [-0.39, 0.29) is 5.41 Å². The van der Waals surface area contributed by atoms with Gasteiger partial charge >= 0.3 is 0 Å². The Balaban J connectivity index is 2.03. The van der Waals surface area contributed by atoms with E-state index < -0.39 is 0 Å². The lowest BCUT2D eigenvalue weighted by atomic mass is 9.67. The van der Waals surface area contributed by atoms with E-state index >= 15 is 0 Å². The van der Waals surface area contributed by atoms with Gasteiger partial charge in [-0.1, -0.05) is 6.42 Å². The lowest BCUT2D eigenvalue weighted by molar-refractivity contribution is 0.129. The zero-order valence-corrected chi connectivity index (χ0v) is 10.8. The van der Waals surface area contributed by atoms with Gasteiger partial charge in [-0.2, -0.15) is 4.98 Å². The summed E-state index contributed by atoms with van der Waals surface area (Å²) in [5.41, 5.74) is 6.06. The first-order valence-corrected chi connectivity index (χ1v) is 6.50. The molecule has 1 aromatic heterocycles.